The van der Waals surface area contributed by atoms with E-state index in [0.717, 1.165) is 6.54 Å². The molecule has 0 N–H and O–H groups in total. The summed E-state index contributed by atoms with van der Waals surface area (Å²) < 4.78 is 5.21. The molecule has 0 amide bonds. The van der Waals surface area contributed by atoms with Crippen LogP contribution in [0.5, 0.6) is 0 Å². The van der Waals surface area contributed by atoms with Crippen LogP contribution in [0.4, 0.5) is 0 Å². The van der Waals surface area contributed by atoms with E-state index in [1.54, 1.807) is 7.11 Å². The lowest BCUT2D eigenvalue weighted by atomic mass is 10.1. The predicted octanol–water partition coefficient (Wildman–Crippen LogP) is 1.53. The number of likely N-dealkylation sites (N-methyl/N-ethyl adjacent to an activating group) is 1. The molecule has 0 saturated carbocycles. The van der Waals surface area contributed by atoms with E-state index in [4.69, 9.17) is 4.74 Å². The van der Waals surface area contributed by atoms with Crippen molar-refractivity contribution in [3.63, 3.8) is 0 Å². The van der Waals surface area contributed by atoms with Gasteiger partial charge in [0.05, 0.1) is 12.1 Å². The molecule has 2 nitrogen and oxygen atoms in total. The van der Waals surface area contributed by atoms with Gasteiger partial charge >= 0.3 is 0 Å². The van der Waals surface area contributed by atoms with Crippen molar-refractivity contribution in [1.82, 2.24) is 4.90 Å². The van der Waals surface area contributed by atoms with Crippen LogP contribution in [0.1, 0.15) is 13.8 Å². The number of ether oxygens (including phenoxy) is 1. The van der Waals surface area contributed by atoms with Gasteiger partial charge in [-0.25, -0.2) is 0 Å². The van der Waals surface area contributed by atoms with Crippen LogP contribution in [-0.4, -0.2) is 37.7 Å². The normalized spacial score (nSPS) is 16.5. The fourth-order valence-electron chi connectivity index (χ4n) is 1.08. The Kier molecular flexibility index (Phi) is 5.16. The summed E-state index contributed by atoms with van der Waals surface area (Å²) in [6.07, 6.45) is 2.15. The van der Waals surface area contributed by atoms with Gasteiger partial charge in [0.2, 0.25) is 0 Å². The Bertz CT molecular complexity index is 104. The Morgan fingerprint density at radius 2 is 2.18 bits per heavy atom. The second-order valence-corrected chi connectivity index (χ2v) is 2.74. The molecule has 0 aliphatic carbocycles. The third-order valence-corrected chi connectivity index (χ3v) is 2.10. The summed E-state index contributed by atoms with van der Waals surface area (Å²) >= 11 is 0. The van der Waals surface area contributed by atoms with Gasteiger partial charge in [0.25, 0.3) is 0 Å². The van der Waals surface area contributed by atoms with E-state index in [2.05, 4.69) is 32.4 Å². The molecule has 0 aromatic carbocycles. The highest BCUT2D eigenvalue weighted by molar-refractivity contribution is 4.90. The van der Waals surface area contributed by atoms with E-state index < -0.39 is 0 Å². The number of hydrogen-bond donors (Lipinski definition) is 0. The summed E-state index contributed by atoms with van der Waals surface area (Å²) in [5.74, 6) is 0. The highest BCUT2D eigenvalue weighted by atomic mass is 16.5. The highest BCUT2D eigenvalue weighted by Gasteiger charge is 2.16. The lowest BCUT2D eigenvalue weighted by Gasteiger charge is -2.28. The van der Waals surface area contributed by atoms with Crippen LogP contribution in [0.3, 0.4) is 0 Å². The van der Waals surface area contributed by atoms with Crippen LogP contribution < -0.4 is 0 Å². The van der Waals surface area contributed by atoms with Crippen molar-refractivity contribution in [2.24, 2.45) is 0 Å². The van der Waals surface area contributed by atoms with Gasteiger partial charge in [-0.15, -0.1) is 6.58 Å². The maximum Gasteiger partial charge on any atom is 0.0733 e. The first-order valence-electron chi connectivity index (χ1n) is 4.02. The molecule has 0 saturated heterocycles. The van der Waals surface area contributed by atoms with Crippen molar-refractivity contribution in [3.05, 3.63) is 12.7 Å². The van der Waals surface area contributed by atoms with Gasteiger partial charge in [-0.3, -0.25) is 4.90 Å². The van der Waals surface area contributed by atoms with Crippen molar-refractivity contribution in [3.8, 4) is 0 Å². The zero-order chi connectivity index (χ0) is 8.85. The molecule has 2 heteroatoms. The molecular formula is C9H19NO. The summed E-state index contributed by atoms with van der Waals surface area (Å²) in [7, 11) is 3.80. The van der Waals surface area contributed by atoms with Crippen molar-refractivity contribution >= 4 is 0 Å². The third kappa shape index (κ3) is 3.04. The molecule has 0 aromatic heterocycles. The van der Waals surface area contributed by atoms with Crippen LogP contribution in [0.15, 0.2) is 12.7 Å². The highest BCUT2D eigenvalue weighted by Crippen LogP contribution is 2.05. The Morgan fingerprint density at radius 1 is 1.64 bits per heavy atom. The van der Waals surface area contributed by atoms with E-state index in [1.807, 2.05) is 6.08 Å². The molecule has 0 heterocycles. The van der Waals surface area contributed by atoms with Crippen LogP contribution >= 0.6 is 0 Å². The summed E-state index contributed by atoms with van der Waals surface area (Å²) in [5.41, 5.74) is 0. The molecule has 0 fully saturated rings. The molecule has 0 radical (unpaired) electrons. The van der Waals surface area contributed by atoms with E-state index in [0.29, 0.717) is 6.04 Å². The van der Waals surface area contributed by atoms with Gasteiger partial charge in [-0.1, -0.05) is 13.0 Å². The number of hydrogen-bond acceptors (Lipinski definition) is 2. The molecule has 2 atom stereocenters. The molecule has 11 heavy (non-hydrogen) atoms. The fraction of sp³-hybridized carbons (Fsp3) is 0.778. The van der Waals surface area contributed by atoms with E-state index in [1.165, 1.54) is 0 Å². The monoisotopic (exact) mass is 157 g/mol. The van der Waals surface area contributed by atoms with E-state index in [-0.39, 0.29) is 6.10 Å². The number of methoxy groups -OCH3 is 1. The minimum absolute atomic E-state index is 0.220. The Labute approximate surface area is 69.8 Å². The Morgan fingerprint density at radius 3 is 2.45 bits per heavy atom. The summed E-state index contributed by atoms with van der Waals surface area (Å²) in [6.45, 7) is 8.97. The summed E-state index contributed by atoms with van der Waals surface area (Å²) in [6, 6.07) is 0.324. The average molecular weight is 157 g/mol. The molecule has 0 bridgehead atoms. The first-order valence-corrected chi connectivity index (χ1v) is 4.02. The van der Waals surface area contributed by atoms with Gasteiger partial charge < -0.3 is 4.74 Å². The first-order chi connectivity index (χ1) is 5.17. The van der Waals surface area contributed by atoms with Crippen molar-refractivity contribution < 1.29 is 4.74 Å². The van der Waals surface area contributed by atoms with E-state index in [9.17, 15) is 0 Å². The van der Waals surface area contributed by atoms with E-state index >= 15 is 0 Å². The van der Waals surface area contributed by atoms with Crippen LogP contribution in [0.2, 0.25) is 0 Å². The second kappa shape index (κ2) is 5.33. The summed E-state index contributed by atoms with van der Waals surface area (Å²) in [5, 5.41) is 0. The van der Waals surface area contributed by atoms with Gasteiger partial charge in [-0.2, -0.15) is 0 Å². The third-order valence-electron chi connectivity index (χ3n) is 2.10. The van der Waals surface area contributed by atoms with Crippen molar-refractivity contribution in [1.29, 1.82) is 0 Å². The van der Waals surface area contributed by atoms with Crippen molar-refractivity contribution in [2.45, 2.75) is 26.0 Å². The quantitative estimate of drug-likeness (QED) is 0.561. The lowest BCUT2D eigenvalue weighted by Crippen LogP contribution is -2.38. The van der Waals surface area contributed by atoms with Crippen molar-refractivity contribution in [2.75, 3.05) is 20.7 Å². The predicted molar refractivity (Wildman–Crippen MR) is 48.8 cm³/mol. The number of rotatable bonds is 5. The zero-order valence-corrected chi connectivity index (χ0v) is 8.00. The summed E-state index contributed by atoms with van der Waals surface area (Å²) in [4.78, 5) is 2.21. The molecule has 66 valence electrons. The maximum atomic E-state index is 5.21. The standard InChI is InChI=1S/C9H19NO/c1-6-9(8(3)11-5)10(4)7-2/h6,8-9H,1,7H2,2-5H3/t8-,9-/m0/s1. The lowest BCUT2D eigenvalue weighted by molar-refractivity contribution is 0.0579. The van der Waals surface area contributed by atoms with Crippen LogP contribution in [0.25, 0.3) is 0 Å². The van der Waals surface area contributed by atoms with Gasteiger partial charge in [0.1, 0.15) is 0 Å². The maximum absolute atomic E-state index is 5.21. The molecule has 0 aliphatic heterocycles. The van der Waals surface area contributed by atoms with Gasteiger partial charge in [-0.05, 0) is 20.5 Å². The SMILES string of the molecule is C=C[C@@H]([C@H](C)OC)N(C)CC. The molecule has 0 aliphatic rings. The first kappa shape index (κ1) is 10.7. The molecule has 0 spiro atoms. The average Bonchev–Trinajstić information content (AvgIpc) is 2.05. The minimum atomic E-state index is 0.220. The molecule has 0 rings (SSSR count). The Hall–Kier alpha value is -0.340. The Balaban J connectivity index is 4.03. The molecule has 0 aromatic rings. The zero-order valence-electron chi connectivity index (χ0n) is 8.00. The fourth-order valence-corrected chi connectivity index (χ4v) is 1.08. The van der Waals surface area contributed by atoms with Gasteiger partial charge in [0.15, 0.2) is 0 Å². The molecular weight excluding hydrogens is 138 g/mol. The van der Waals surface area contributed by atoms with Crippen LogP contribution in [-0.2, 0) is 4.74 Å². The second-order valence-electron chi connectivity index (χ2n) is 2.74. The van der Waals surface area contributed by atoms with Gasteiger partial charge in [0, 0.05) is 7.11 Å². The minimum Gasteiger partial charge on any atom is -0.380 e. The number of nitrogens with zero attached hydrogens (tertiary/aromatic N) is 1. The molecule has 0 unspecified atom stereocenters. The largest absolute Gasteiger partial charge is 0.380 e. The smallest absolute Gasteiger partial charge is 0.0733 e. The topological polar surface area (TPSA) is 12.5 Å². The van der Waals surface area contributed by atoms with Crippen LogP contribution in [0, 0.1) is 0 Å².